The second-order valence-electron chi connectivity index (χ2n) is 5.79. The second kappa shape index (κ2) is 22.7. The van der Waals surface area contributed by atoms with Crippen LogP contribution in [0.1, 0.15) is 103 Å². The number of unbranched alkanes of at least 4 members (excludes halogenated alkanes) is 13. The topological polar surface area (TPSA) is 0 Å². The molecule has 0 N–H and O–H groups in total. The Morgan fingerprint density at radius 1 is 0.600 bits per heavy atom. The normalized spacial score (nSPS) is 10.9. The molecular weight excluding hydrogens is 267 g/mol. The maximum atomic E-state index is 3.88. The first kappa shape index (κ1) is 23.6. The Kier molecular flexibility index (Phi) is 26.8. The minimum atomic E-state index is 0. The summed E-state index contributed by atoms with van der Waals surface area (Å²) in [6.45, 7) is 6.16. The van der Waals surface area contributed by atoms with Gasteiger partial charge in [0, 0.05) is 0 Å². The van der Waals surface area contributed by atoms with Crippen LogP contribution in [0.3, 0.4) is 0 Å². The third-order valence-corrected chi connectivity index (χ3v) is 3.76. The van der Waals surface area contributed by atoms with Crippen molar-refractivity contribution in [2.24, 2.45) is 0 Å². The van der Waals surface area contributed by atoms with E-state index in [1.807, 2.05) is 0 Å². The Morgan fingerprint density at radius 3 is 1.45 bits per heavy atom. The fourth-order valence-corrected chi connectivity index (χ4v) is 2.42. The van der Waals surface area contributed by atoms with E-state index in [0.29, 0.717) is 0 Å². The van der Waals surface area contributed by atoms with Crippen molar-refractivity contribution in [1.82, 2.24) is 0 Å². The van der Waals surface area contributed by atoms with Gasteiger partial charge in [-0.05, 0) is 25.7 Å². The Balaban J connectivity index is 0. The van der Waals surface area contributed by atoms with Crippen molar-refractivity contribution < 1.29 is 0 Å². The molecule has 0 heterocycles. The van der Waals surface area contributed by atoms with Gasteiger partial charge < -0.3 is 0 Å². The van der Waals surface area contributed by atoms with Gasteiger partial charge >= 0.3 is 51.4 Å². The molecule has 0 rings (SSSR count). The molecule has 0 aliphatic rings. The van der Waals surface area contributed by atoms with Crippen molar-refractivity contribution in [1.29, 1.82) is 0 Å². The zero-order valence-electron chi connectivity index (χ0n) is 13.5. The summed E-state index contributed by atoms with van der Waals surface area (Å²) in [5, 5.41) is 0. The van der Waals surface area contributed by atoms with Crippen molar-refractivity contribution in [3.05, 3.63) is 19.1 Å². The average Bonchev–Trinajstić information content (AvgIpc) is 2.43. The molecule has 0 amide bonds. The fraction of sp³-hybridized carbons (Fsp3) is 0.842. The van der Waals surface area contributed by atoms with Crippen molar-refractivity contribution in [2.45, 2.75) is 103 Å². The van der Waals surface area contributed by atoms with Gasteiger partial charge in [0.15, 0.2) is 0 Å². The van der Waals surface area contributed by atoms with E-state index >= 15 is 0 Å². The summed E-state index contributed by atoms with van der Waals surface area (Å²) in [4.78, 5) is 0. The Hall–Kier alpha value is 1.38. The van der Waals surface area contributed by atoms with Gasteiger partial charge in [-0.1, -0.05) is 96.6 Å². The van der Waals surface area contributed by atoms with E-state index in [-0.39, 0.29) is 51.4 Å². The molecule has 20 heavy (non-hydrogen) atoms. The van der Waals surface area contributed by atoms with Crippen LogP contribution >= 0.6 is 0 Å². The molecule has 0 saturated carbocycles. The van der Waals surface area contributed by atoms with Crippen LogP contribution in [0.15, 0.2) is 12.2 Å². The van der Waals surface area contributed by atoms with Gasteiger partial charge in [0.05, 0.1) is 0 Å². The van der Waals surface area contributed by atoms with Gasteiger partial charge in [-0.15, -0.1) is 0 Å². The molecule has 0 spiro atoms. The molecule has 1 radical (unpaired) electrons. The van der Waals surface area contributed by atoms with Crippen molar-refractivity contribution in [2.75, 3.05) is 0 Å². The molecule has 0 aromatic heterocycles. The van der Waals surface area contributed by atoms with Gasteiger partial charge in [0.1, 0.15) is 0 Å². The van der Waals surface area contributed by atoms with E-state index < -0.39 is 0 Å². The van der Waals surface area contributed by atoms with Crippen LogP contribution in [0.4, 0.5) is 0 Å². The van der Waals surface area contributed by atoms with Crippen LogP contribution < -0.4 is 0 Å². The zero-order valence-corrected chi connectivity index (χ0v) is 13.5. The Labute approximate surface area is 172 Å². The van der Waals surface area contributed by atoms with Gasteiger partial charge in [-0.25, -0.2) is 0 Å². The summed E-state index contributed by atoms with van der Waals surface area (Å²) in [5.41, 5.74) is 0. The summed E-state index contributed by atoms with van der Waals surface area (Å²) in [7, 11) is 0. The first-order chi connectivity index (χ1) is 9.41. The van der Waals surface area contributed by atoms with E-state index in [1.165, 1.54) is 89.9 Å². The molecule has 0 aliphatic heterocycles. The molecule has 0 saturated heterocycles. The standard InChI is InChI=1S/C19H37.K.H/c1-3-5-7-9-11-13-15-17-19-18-16-14-12-10-8-6-4-2;;/h18-19H,1,3-17H2,2H3;;/b19-18-;;. The molecule has 0 aromatic carbocycles. The summed E-state index contributed by atoms with van der Waals surface area (Å²) in [6.07, 6.45) is 25.3. The van der Waals surface area contributed by atoms with Crippen LogP contribution in [0.25, 0.3) is 0 Å². The van der Waals surface area contributed by atoms with E-state index in [9.17, 15) is 0 Å². The van der Waals surface area contributed by atoms with E-state index in [4.69, 9.17) is 0 Å². The van der Waals surface area contributed by atoms with E-state index in [1.54, 1.807) is 0 Å². The monoisotopic (exact) mass is 305 g/mol. The summed E-state index contributed by atoms with van der Waals surface area (Å²) in [5.74, 6) is 0. The molecule has 0 aromatic rings. The predicted molar refractivity (Wildman–Crippen MR) is 96.6 cm³/mol. The molecule has 0 aliphatic carbocycles. The second-order valence-corrected chi connectivity index (χ2v) is 5.79. The van der Waals surface area contributed by atoms with E-state index in [0.717, 1.165) is 6.42 Å². The van der Waals surface area contributed by atoms with Crippen LogP contribution in [0.5, 0.6) is 0 Å². The quantitative estimate of drug-likeness (QED) is 0.182. The molecule has 1 heteroatoms. The summed E-state index contributed by atoms with van der Waals surface area (Å²) >= 11 is 0. The Morgan fingerprint density at radius 2 is 1.00 bits per heavy atom. The van der Waals surface area contributed by atoms with E-state index in [2.05, 4.69) is 26.0 Å². The maximum absolute atomic E-state index is 3.88. The van der Waals surface area contributed by atoms with Crippen LogP contribution in [-0.4, -0.2) is 51.4 Å². The van der Waals surface area contributed by atoms with Crippen molar-refractivity contribution >= 4 is 51.4 Å². The summed E-state index contributed by atoms with van der Waals surface area (Å²) in [6, 6.07) is 0. The molecule has 0 bridgehead atoms. The first-order valence-corrected chi connectivity index (χ1v) is 8.86. The van der Waals surface area contributed by atoms with Gasteiger partial charge in [0.2, 0.25) is 0 Å². The average molecular weight is 306 g/mol. The number of rotatable bonds is 15. The third kappa shape index (κ3) is 21.7. The molecule has 115 valence electrons. The van der Waals surface area contributed by atoms with Crippen LogP contribution in [0, 0.1) is 6.92 Å². The van der Waals surface area contributed by atoms with Crippen LogP contribution in [0.2, 0.25) is 0 Å². The first-order valence-electron chi connectivity index (χ1n) is 8.86. The SMILES string of the molecule is [CH2]CCCCCCCC/C=C\CCCCCCCC.[KH]. The van der Waals surface area contributed by atoms with Crippen molar-refractivity contribution in [3.8, 4) is 0 Å². The molecule has 0 fully saturated rings. The predicted octanol–water partition coefficient (Wildman–Crippen LogP) is 6.60. The third-order valence-electron chi connectivity index (χ3n) is 3.76. The molecule has 0 nitrogen and oxygen atoms in total. The molecule has 0 unspecified atom stereocenters. The van der Waals surface area contributed by atoms with Gasteiger partial charge in [0.25, 0.3) is 0 Å². The summed E-state index contributed by atoms with van der Waals surface area (Å²) < 4.78 is 0. The van der Waals surface area contributed by atoms with Crippen molar-refractivity contribution in [3.63, 3.8) is 0 Å². The minimum absolute atomic E-state index is 0. The molecule has 0 atom stereocenters. The number of hydrogen-bond acceptors (Lipinski definition) is 0. The number of hydrogen-bond donors (Lipinski definition) is 0. The number of allylic oxidation sites excluding steroid dienone is 2. The van der Waals surface area contributed by atoms with Crippen LogP contribution in [-0.2, 0) is 0 Å². The Bertz CT molecular complexity index is 175. The zero-order chi connectivity index (χ0) is 14.0. The molecular formula is C19H38K. The fourth-order valence-electron chi connectivity index (χ4n) is 2.42. The van der Waals surface area contributed by atoms with Gasteiger partial charge in [-0.2, -0.15) is 0 Å². The van der Waals surface area contributed by atoms with Gasteiger partial charge in [-0.3, -0.25) is 0 Å².